The molecule has 0 heterocycles. The molecule has 4 aromatic rings. The Hall–Kier alpha value is -3.27. The molecule has 12 heteroatoms. The number of aryl methyl sites for hydroxylation is 1. The minimum Gasteiger partial charge on any atom is -0.352 e. The number of carbonyl (C=O) groups is 2. The van der Waals surface area contributed by atoms with Crippen molar-refractivity contribution >= 4 is 73.9 Å². The molecule has 0 fully saturated rings. The first-order valence-corrected chi connectivity index (χ1v) is 17.9. The van der Waals surface area contributed by atoms with Gasteiger partial charge in [-0.25, -0.2) is 8.42 Å². The smallest absolute Gasteiger partial charge is 0.264 e. The molecule has 4 rings (SSSR count). The van der Waals surface area contributed by atoms with Gasteiger partial charge in [0, 0.05) is 29.1 Å². The van der Waals surface area contributed by atoms with Crippen molar-refractivity contribution in [2.45, 2.75) is 57.1 Å². The van der Waals surface area contributed by atoms with Gasteiger partial charge in [0.1, 0.15) is 12.6 Å². The van der Waals surface area contributed by atoms with Crippen LogP contribution in [0, 0.1) is 6.92 Å². The minimum atomic E-state index is -4.35. The highest BCUT2D eigenvalue weighted by Gasteiger charge is 2.36. The molecule has 0 saturated carbocycles. The molecule has 0 radical (unpaired) electrons. The fourth-order valence-electron chi connectivity index (χ4n) is 4.86. The van der Waals surface area contributed by atoms with Crippen LogP contribution in [0.5, 0.6) is 0 Å². The van der Waals surface area contributed by atoms with E-state index in [1.54, 1.807) is 36.4 Å². The Bertz CT molecular complexity index is 1820. The number of hydrogen-bond donors (Lipinski definition) is 1. The van der Waals surface area contributed by atoms with Crippen LogP contribution >= 0.6 is 46.4 Å². The van der Waals surface area contributed by atoms with Gasteiger partial charge in [-0.3, -0.25) is 13.9 Å². The number of amides is 2. The first-order valence-electron chi connectivity index (χ1n) is 14.9. The zero-order valence-electron chi connectivity index (χ0n) is 26.1. The molecular formula is C35H35Cl4N3O4S. The van der Waals surface area contributed by atoms with E-state index in [4.69, 9.17) is 46.4 Å². The number of hydrogen-bond acceptors (Lipinski definition) is 4. The zero-order chi connectivity index (χ0) is 34.3. The van der Waals surface area contributed by atoms with E-state index in [-0.39, 0.29) is 44.7 Å². The normalized spacial score (nSPS) is 12.7. The number of nitrogens with zero attached hydrogens (tertiary/aromatic N) is 2. The number of sulfonamides is 1. The molecule has 248 valence electrons. The number of rotatable bonds is 13. The van der Waals surface area contributed by atoms with Crippen LogP contribution < -0.4 is 9.62 Å². The second kappa shape index (κ2) is 16.2. The van der Waals surface area contributed by atoms with Crippen molar-refractivity contribution in [2.75, 3.05) is 10.8 Å². The summed E-state index contributed by atoms with van der Waals surface area (Å²) < 4.78 is 29.4. The third-order valence-corrected chi connectivity index (χ3v) is 10.9. The molecule has 0 unspecified atom stereocenters. The molecule has 47 heavy (non-hydrogen) atoms. The number of halogens is 4. The predicted molar refractivity (Wildman–Crippen MR) is 191 cm³/mol. The van der Waals surface area contributed by atoms with E-state index >= 15 is 0 Å². The Morgan fingerprint density at radius 3 is 2.17 bits per heavy atom. The second-order valence-electron chi connectivity index (χ2n) is 11.2. The van der Waals surface area contributed by atoms with Gasteiger partial charge in [0.15, 0.2) is 0 Å². The van der Waals surface area contributed by atoms with E-state index in [2.05, 4.69) is 5.32 Å². The van der Waals surface area contributed by atoms with Crippen LogP contribution in [0.2, 0.25) is 20.1 Å². The van der Waals surface area contributed by atoms with E-state index < -0.39 is 34.4 Å². The first-order chi connectivity index (χ1) is 22.3. The van der Waals surface area contributed by atoms with Gasteiger partial charge in [-0.05, 0) is 67.8 Å². The number of carbonyl (C=O) groups excluding carboxylic acids is 2. The van der Waals surface area contributed by atoms with Gasteiger partial charge in [0.25, 0.3) is 10.0 Å². The van der Waals surface area contributed by atoms with Gasteiger partial charge in [0.2, 0.25) is 11.8 Å². The molecule has 2 atom stereocenters. The van der Waals surface area contributed by atoms with Crippen LogP contribution in [0.3, 0.4) is 0 Å². The Balaban J connectivity index is 1.86. The average molecular weight is 736 g/mol. The second-order valence-corrected chi connectivity index (χ2v) is 14.7. The van der Waals surface area contributed by atoms with Crippen LogP contribution in [0.1, 0.15) is 37.0 Å². The fraction of sp³-hybridized carbons (Fsp3) is 0.257. The highest BCUT2D eigenvalue weighted by molar-refractivity contribution is 7.92. The third-order valence-electron chi connectivity index (χ3n) is 7.72. The Morgan fingerprint density at radius 2 is 1.53 bits per heavy atom. The summed E-state index contributed by atoms with van der Waals surface area (Å²) in [7, 11) is -4.35. The van der Waals surface area contributed by atoms with Crippen molar-refractivity contribution in [3.05, 3.63) is 128 Å². The van der Waals surface area contributed by atoms with E-state index in [1.807, 2.05) is 51.1 Å². The van der Waals surface area contributed by atoms with E-state index in [1.165, 1.54) is 29.2 Å². The predicted octanol–water partition coefficient (Wildman–Crippen LogP) is 8.36. The summed E-state index contributed by atoms with van der Waals surface area (Å²) in [5.41, 5.74) is 2.20. The third kappa shape index (κ3) is 9.21. The summed E-state index contributed by atoms with van der Waals surface area (Å²) in [6.45, 7) is 4.85. The lowest BCUT2D eigenvalue weighted by Gasteiger charge is -2.34. The van der Waals surface area contributed by atoms with Crippen molar-refractivity contribution in [1.82, 2.24) is 10.2 Å². The highest BCUT2D eigenvalue weighted by atomic mass is 35.5. The summed E-state index contributed by atoms with van der Waals surface area (Å²) >= 11 is 25.6. The fourth-order valence-corrected chi connectivity index (χ4v) is 7.21. The average Bonchev–Trinajstić information content (AvgIpc) is 3.04. The number of nitrogens with one attached hydrogen (secondary N) is 1. The van der Waals surface area contributed by atoms with Crippen molar-refractivity contribution < 1.29 is 18.0 Å². The van der Waals surface area contributed by atoms with Crippen LogP contribution in [0.25, 0.3) is 0 Å². The lowest BCUT2D eigenvalue weighted by Crippen LogP contribution is -2.54. The van der Waals surface area contributed by atoms with Gasteiger partial charge in [-0.1, -0.05) is 113 Å². The van der Waals surface area contributed by atoms with Crippen molar-refractivity contribution in [3.8, 4) is 0 Å². The van der Waals surface area contributed by atoms with Gasteiger partial charge < -0.3 is 10.2 Å². The van der Waals surface area contributed by atoms with E-state index in [0.29, 0.717) is 17.0 Å². The molecule has 0 saturated heterocycles. The van der Waals surface area contributed by atoms with Crippen LogP contribution in [0.4, 0.5) is 5.69 Å². The number of benzene rings is 4. The Labute approximate surface area is 296 Å². The van der Waals surface area contributed by atoms with Crippen LogP contribution in [-0.4, -0.2) is 43.8 Å². The Morgan fingerprint density at radius 1 is 0.851 bits per heavy atom. The van der Waals surface area contributed by atoms with Crippen molar-refractivity contribution in [2.24, 2.45) is 0 Å². The molecule has 1 N–H and O–H groups in total. The van der Waals surface area contributed by atoms with Crippen molar-refractivity contribution in [1.29, 1.82) is 0 Å². The molecule has 0 spiro atoms. The highest BCUT2D eigenvalue weighted by Crippen LogP contribution is 2.36. The summed E-state index contributed by atoms with van der Waals surface area (Å²) in [6.07, 6.45) is 0.819. The molecule has 7 nitrogen and oxygen atoms in total. The number of anilines is 1. The molecule has 0 bridgehead atoms. The molecule has 0 aliphatic carbocycles. The summed E-state index contributed by atoms with van der Waals surface area (Å²) in [4.78, 5) is 29.9. The lowest BCUT2D eigenvalue weighted by molar-refractivity contribution is -0.140. The molecule has 0 aliphatic heterocycles. The topological polar surface area (TPSA) is 86.8 Å². The van der Waals surface area contributed by atoms with E-state index in [9.17, 15) is 18.0 Å². The zero-order valence-corrected chi connectivity index (χ0v) is 29.9. The van der Waals surface area contributed by atoms with Crippen molar-refractivity contribution in [3.63, 3.8) is 0 Å². The van der Waals surface area contributed by atoms with Gasteiger partial charge in [-0.15, -0.1) is 0 Å². The van der Waals surface area contributed by atoms with Crippen LogP contribution in [-0.2, 0) is 32.6 Å². The maximum Gasteiger partial charge on any atom is 0.264 e. The lowest BCUT2D eigenvalue weighted by atomic mass is 10.0. The largest absolute Gasteiger partial charge is 0.352 e. The van der Waals surface area contributed by atoms with Gasteiger partial charge in [0.05, 0.1) is 20.6 Å². The van der Waals surface area contributed by atoms with E-state index in [0.717, 1.165) is 15.4 Å². The molecule has 0 aromatic heterocycles. The quantitative estimate of drug-likeness (QED) is 0.150. The first kappa shape index (κ1) is 36.6. The summed E-state index contributed by atoms with van der Waals surface area (Å²) in [6, 6.07) is 23.7. The molecular weight excluding hydrogens is 700 g/mol. The standard InChI is InChI=1S/C35H35Cl4N3O4S/c1-4-24(3)40-35(44)32(19-25-9-6-5-7-10-25)41(21-26-15-16-27(36)20-30(26)38)33(43)22-42(31-12-8-11-29(37)34(31)39)47(45,46)28-17-13-23(2)14-18-28/h5-18,20,24,32H,4,19,21-22H2,1-3H3,(H,40,44)/t24-,32+/m0/s1. The molecule has 4 aromatic carbocycles. The summed E-state index contributed by atoms with van der Waals surface area (Å²) in [5, 5.41) is 3.76. The van der Waals surface area contributed by atoms with Gasteiger partial charge in [-0.2, -0.15) is 0 Å². The SMILES string of the molecule is CC[C@H](C)NC(=O)[C@@H](Cc1ccccc1)N(Cc1ccc(Cl)cc1Cl)C(=O)CN(c1cccc(Cl)c1Cl)S(=O)(=O)c1ccc(C)cc1. The maximum atomic E-state index is 14.6. The Kier molecular flexibility index (Phi) is 12.6. The van der Waals surface area contributed by atoms with Crippen LogP contribution in [0.15, 0.2) is 95.9 Å². The molecule has 0 aliphatic rings. The molecule has 2 amide bonds. The monoisotopic (exact) mass is 733 g/mol. The summed E-state index contributed by atoms with van der Waals surface area (Å²) in [5.74, 6) is -1.06. The maximum absolute atomic E-state index is 14.6. The minimum absolute atomic E-state index is 0.0150. The van der Waals surface area contributed by atoms with Gasteiger partial charge >= 0.3 is 0 Å².